The second kappa shape index (κ2) is 6.78. The van der Waals surface area contributed by atoms with Gasteiger partial charge in [0.25, 0.3) is 0 Å². The minimum atomic E-state index is -1.35. The Hall–Kier alpha value is -0.760. The Morgan fingerprint density at radius 2 is 2.14 bits per heavy atom. The second-order valence-corrected chi connectivity index (χ2v) is 6.71. The number of carboxylic acid groups (broad SMARTS) is 1. The summed E-state index contributed by atoms with van der Waals surface area (Å²) in [6.45, 7) is 1.39. The van der Waals surface area contributed by atoms with Crippen LogP contribution in [0.3, 0.4) is 0 Å². The number of thioether (sulfide) groups is 1. The van der Waals surface area contributed by atoms with Gasteiger partial charge in [0.05, 0.1) is 11.7 Å². The van der Waals surface area contributed by atoms with Gasteiger partial charge in [0, 0.05) is 23.7 Å². The molecule has 22 heavy (non-hydrogen) atoms. The molecule has 2 unspecified atom stereocenters. The van der Waals surface area contributed by atoms with Gasteiger partial charge in [-0.25, -0.2) is 0 Å². The number of hydrogen-bond acceptors (Lipinski definition) is 5. The van der Waals surface area contributed by atoms with Crippen molar-refractivity contribution in [1.29, 1.82) is 0 Å². The van der Waals surface area contributed by atoms with E-state index in [-0.39, 0.29) is 23.4 Å². The molecule has 3 rings (SSSR count). The van der Waals surface area contributed by atoms with Gasteiger partial charge in [-0.15, -0.1) is 17.0 Å². The molecule has 0 amide bonds. The maximum atomic E-state index is 11.3. The molecule has 0 bridgehead atoms. The summed E-state index contributed by atoms with van der Waals surface area (Å²) < 4.78 is 0. The van der Waals surface area contributed by atoms with Crippen molar-refractivity contribution in [3.8, 4) is 0 Å². The van der Waals surface area contributed by atoms with Gasteiger partial charge in [0.2, 0.25) is 0 Å². The first-order valence-electron chi connectivity index (χ1n) is 6.71. The summed E-state index contributed by atoms with van der Waals surface area (Å²) in [7, 11) is 0. The summed E-state index contributed by atoms with van der Waals surface area (Å²) in [5, 5.41) is 21.2. The lowest BCUT2D eigenvalue weighted by molar-refractivity contribution is -0.140. The highest BCUT2D eigenvalue weighted by molar-refractivity contribution is 8.93. The van der Waals surface area contributed by atoms with Gasteiger partial charge < -0.3 is 15.1 Å². The van der Waals surface area contributed by atoms with Crippen LogP contribution >= 0.6 is 40.3 Å². The first-order valence-corrected chi connectivity index (χ1v) is 7.96. The van der Waals surface area contributed by atoms with Crippen molar-refractivity contribution >= 4 is 51.5 Å². The van der Waals surface area contributed by atoms with Crippen LogP contribution in [0, 0.1) is 0 Å². The van der Waals surface area contributed by atoms with E-state index >= 15 is 0 Å². The zero-order valence-corrected chi connectivity index (χ0v) is 14.9. The molecule has 0 aromatic heterocycles. The van der Waals surface area contributed by atoms with E-state index in [1.165, 1.54) is 11.8 Å². The quantitative estimate of drug-likeness (QED) is 0.806. The average Bonchev–Trinajstić information content (AvgIpc) is 2.73. The lowest BCUT2D eigenvalue weighted by Crippen LogP contribution is -2.50. The smallest absolute Gasteiger partial charge is 0.304 e. The highest BCUT2D eigenvalue weighted by Crippen LogP contribution is 2.47. The summed E-state index contributed by atoms with van der Waals surface area (Å²) in [6.07, 6.45) is 0.721. The maximum Gasteiger partial charge on any atom is 0.304 e. The largest absolute Gasteiger partial charge is 0.481 e. The molecular weight excluding hydrogens is 392 g/mol. The molecule has 1 saturated heterocycles. The molecule has 2 atom stereocenters. The van der Waals surface area contributed by atoms with Gasteiger partial charge in [-0.2, -0.15) is 0 Å². The highest BCUT2D eigenvalue weighted by atomic mass is 79.9. The van der Waals surface area contributed by atoms with Crippen LogP contribution in [0.1, 0.15) is 18.4 Å². The molecule has 0 radical (unpaired) electrons. The topological polar surface area (TPSA) is 73.1 Å². The van der Waals surface area contributed by atoms with Gasteiger partial charge in [-0.3, -0.25) is 9.79 Å². The van der Waals surface area contributed by atoms with Gasteiger partial charge in [0.15, 0.2) is 10.9 Å². The Morgan fingerprint density at radius 3 is 2.77 bits per heavy atom. The predicted molar refractivity (Wildman–Crippen MR) is 92.9 cm³/mol. The Bertz CT molecular complexity index is 598. The number of aliphatic carboxylic acids is 1. The first-order chi connectivity index (χ1) is 10.0. The van der Waals surface area contributed by atoms with Crippen molar-refractivity contribution in [2.45, 2.75) is 23.8 Å². The number of aliphatic imine (C=N–C) groups is 1. The zero-order valence-electron chi connectivity index (χ0n) is 11.6. The molecule has 5 nitrogen and oxygen atoms in total. The molecular formula is C14H16BrClN2O3S. The van der Waals surface area contributed by atoms with Gasteiger partial charge >= 0.3 is 5.97 Å². The highest BCUT2D eigenvalue weighted by Gasteiger charge is 2.53. The number of halogens is 2. The molecule has 1 aromatic rings. The summed E-state index contributed by atoms with van der Waals surface area (Å²) in [4.78, 5) is 17.4. The van der Waals surface area contributed by atoms with Gasteiger partial charge in [0.1, 0.15) is 0 Å². The van der Waals surface area contributed by atoms with Crippen molar-refractivity contribution in [2.24, 2.45) is 4.99 Å². The third-order valence-electron chi connectivity index (χ3n) is 3.76. The molecule has 2 aliphatic heterocycles. The number of aliphatic hydroxyl groups is 1. The van der Waals surface area contributed by atoms with Crippen molar-refractivity contribution < 1.29 is 15.0 Å². The molecule has 0 saturated carbocycles. The number of benzene rings is 1. The molecule has 8 heteroatoms. The zero-order chi connectivity index (χ0) is 15.0. The number of carbonyl (C=O) groups is 1. The van der Waals surface area contributed by atoms with E-state index in [0.717, 1.165) is 18.1 Å². The van der Waals surface area contributed by atoms with Crippen LogP contribution in [-0.4, -0.2) is 44.6 Å². The number of rotatable bonds is 3. The Morgan fingerprint density at radius 1 is 1.45 bits per heavy atom. The molecule has 0 spiro atoms. The molecule has 2 N–H and O–H groups in total. The fourth-order valence-corrected chi connectivity index (χ4v) is 4.32. The minimum Gasteiger partial charge on any atom is -0.481 e. The Labute approximate surface area is 148 Å². The van der Waals surface area contributed by atoms with Crippen molar-refractivity contribution in [3.05, 3.63) is 34.9 Å². The third-order valence-corrected chi connectivity index (χ3v) is 5.35. The number of hydrogen-bond donors (Lipinski definition) is 2. The number of fused-ring (bicyclic) bond motifs is 1. The standard InChI is InChI=1S/C14H15ClN2O3S.BrH/c15-10-4-2-9(3-5-10)14(20)11(8-12(18)19)21-13-16-6-1-7-17(13)14;/h2-5,11,20H,1,6-8H2,(H,18,19);1H. The van der Waals surface area contributed by atoms with E-state index in [1.54, 1.807) is 24.3 Å². The lowest BCUT2D eigenvalue weighted by Gasteiger charge is -2.38. The van der Waals surface area contributed by atoms with Crippen LogP contribution in [0.4, 0.5) is 0 Å². The Kier molecular flexibility index (Phi) is 5.42. The van der Waals surface area contributed by atoms with E-state index in [9.17, 15) is 9.90 Å². The van der Waals surface area contributed by atoms with E-state index in [0.29, 0.717) is 17.1 Å². The first kappa shape index (κ1) is 17.6. The number of carboxylic acids is 1. The van der Waals surface area contributed by atoms with Crippen molar-refractivity contribution in [3.63, 3.8) is 0 Å². The molecule has 0 aliphatic carbocycles. The number of nitrogens with zero attached hydrogens (tertiary/aromatic N) is 2. The summed E-state index contributed by atoms with van der Waals surface area (Å²) in [6, 6.07) is 6.90. The number of amidine groups is 1. The third kappa shape index (κ3) is 2.99. The van der Waals surface area contributed by atoms with Crippen molar-refractivity contribution in [1.82, 2.24) is 4.90 Å². The molecule has 2 heterocycles. The summed E-state index contributed by atoms with van der Waals surface area (Å²) in [5.41, 5.74) is -0.704. The normalized spacial score (nSPS) is 26.9. The minimum absolute atomic E-state index is 0. The molecule has 2 aliphatic rings. The average molecular weight is 408 g/mol. The molecule has 1 fully saturated rings. The van der Waals surface area contributed by atoms with Gasteiger partial charge in [-0.1, -0.05) is 35.5 Å². The fourth-order valence-electron chi connectivity index (χ4n) is 2.76. The van der Waals surface area contributed by atoms with E-state index < -0.39 is 16.9 Å². The summed E-state index contributed by atoms with van der Waals surface area (Å²) >= 11 is 7.24. The van der Waals surface area contributed by atoms with E-state index in [2.05, 4.69) is 4.99 Å². The van der Waals surface area contributed by atoms with Crippen molar-refractivity contribution in [2.75, 3.05) is 13.1 Å². The van der Waals surface area contributed by atoms with Crippen LogP contribution in [-0.2, 0) is 10.5 Å². The van der Waals surface area contributed by atoms with Crippen LogP contribution in [0.25, 0.3) is 0 Å². The fraction of sp³-hybridized carbons (Fsp3) is 0.429. The monoisotopic (exact) mass is 406 g/mol. The SMILES string of the molecule is Br.O=C(O)CC1SC2=NCCCN2C1(O)c1ccc(Cl)cc1. The van der Waals surface area contributed by atoms with Crippen LogP contribution in [0.2, 0.25) is 5.02 Å². The predicted octanol–water partition coefficient (Wildman–Crippen LogP) is 2.71. The summed E-state index contributed by atoms with van der Waals surface area (Å²) in [5.74, 6) is -0.930. The van der Waals surface area contributed by atoms with Crippen LogP contribution in [0.15, 0.2) is 29.3 Å². The van der Waals surface area contributed by atoms with E-state index in [1.807, 2.05) is 4.90 Å². The van der Waals surface area contributed by atoms with Crippen LogP contribution in [0.5, 0.6) is 0 Å². The van der Waals surface area contributed by atoms with Crippen LogP contribution < -0.4 is 0 Å². The Balaban J connectivity index is 0.00000176. The second-order valence-electron chi connectivity index (χ2n) is 5.11. The maximum absolute atomic E-state index is 11.3. The van der Waals surface area contributed by atoms with Gasteiger partial charge in [-0.05, 0) is 18.6 Å². The van der Waals surface area contributed by atoms with E-state index in [4.69, 9.17) is 16.7 Å². The molecule has 120 valence electrons. The lowest BCUT2D eigenvalue weighted by atomic mass is 9.95. The molecule has 1 aromatic carbocycles.